The minimum Gasteiger partial charge on any atom is -0.481 e. The van der Waals surface area contributed by atoms with Crippen LogP contribution in [-0.4, -0.2) is 31.1 Å². The van der Waals surface area contributed by atoms with Crippen LogP contribution in [0.2, 0.25) is 0 Å². The third-order valence-corrected chi connectivity index (χ3v) is 4.02. The Morgan fingerprint density at radius 2 is 1.85 bits per heavy atom. The van der Waals surface area contributed by atoms with Crippen molar-refractivity contribution in [1.29, 1.82) is 0 Å². The van der Waals surface area contributed by atoms with Crippen molar-refractivity contribution in [3.8, 4) is 5.75 Å². The maximum absolute atomic E-state index is 12.3. The van der Waals surface area contributed by atoms with Crippen LogP contribution in [0.1, 0.15) is 26.3 Å². The van der Waals surface area contributed by atoms with E-state index in [1.165, 1.54) is 13.2 Å². The summed E-state index contributed by atoms with van der Waals surface area (Å²) in [6.45, 7) is 7.00. The second-order valence-electron chi connectivity index (χ2n) is 6.42. The van der Waals surface area contributed by atoms with Crippen molar-refractivity contribution in [3.05, 3.63) is 40.2 Å². The van der Waals surface area contributed by atoms with Crippen LogP contribution in [0.4, 0.5) is 0 Å². The Hall–Kier alpha value is -2.83. The van der Waals surface area contributed by atoms with Crippen LogP contribution in [-0.2, 0) is 14.3 Å². The highest BCUT2D eigenvalue weighted by Crippen LogP contribution is 2.23. The number of nitrogens with one attached hydrogen (secondary N) is 1. The fourth-order valence-electron chi connectivity index (χ4n) is 2.53. The van der Waals surface area contributed by atoms with Gasteiger partial charge < -0.3 is 19.2 Å². The number of methoxy groups -OCH3 is 1. The normalized spacial score (nSPS) is 13.3. The Bertz CT molecular complexity index is 870. The Labute approximate surface area is 151 Å². The number of fused-ring (bicyclic) bond motifs is 1. The number of esters is 1. The first kappa shape index (κ1) is 19.5. The number of hydrogen-bond acceptors (Lipinski definition) is 6. The molecule has 2 aromatic rings. The molecule has 1 aromatic heterocycles. The van der Waals surface area contributed by atoms with Gasteiger partial charge >= 0.3 is 11.6 Å². The molecule has 0 radical (unpaired) electrons. The molecule has 2 rings (SSSR count). The fraction of sp³-hybridized carbons (Fsp3) is 0.421. The zero-order valence-corrected chi connectivity index (χ0v) is 15.5. The van der Waals surface area contributed by atoms with E-state index in [9.17, 15) is 14.4 Å². The summed E-state index contributed by atoms with van der Waals surface area (Å²) in [6, 6.07) is 5.68. The van der Waals surface area contributed by atoms with Crippen molar-refractivity contribution in [2.45, 2.75) is 39.8 Å². The average Bonchev–Trinajstić information content (AvgIpc) is 2.57. The van der Waals surface area contributed by atoms with Crippen LogP contribution in [0.15, 0.2) is 33.5 Å². The molecule has 2 atom stereocenters. The molecule has 0 aliphatic carbocycles. The highest BCUT2D eigenvalue weighted by atomic mass is 16.5. The number of rotatable bonds is 6. The zero-order valence-electron chi connectivity index (χ0n) is 15.5. The summed E-state index contributed by atoms with van der Waals surface area (Å²) in [5.41, 5.74) is 0.733. The van der Waals surface area contributed by atoms with E-state index in [0.29, 0.717) is 11.3 Å². The van der Waals surface area contributed by atoms with Gasteiger partial charge in [0.1, 0.15) is 17.4 Å². The lowest BCUT2D eigenvalue weighted by Gasteiger charge is -2.22. The molecule has 0 saturated heterocycles. The summed E-state index contributed by atoms with van der Waals surface area (Å²) >= 11 is 0. The van der Waals surface area contributed by atoms with Gasteiger partial charge in [0.05, 0.1) is 7.11 Å². The van der Waals surface area contributed by atoms with Crippen molar-refractivity contribution in [2.24, 2.45) is 5.92 Å². The third kappa shape index (κ3) is 4.41. The molecular weight excluding hydrogens is 338 g/mol. The maximum atomic E-state index is 12.3. The summed E-state index contributed by atoms with van der Waals surface area (Å²) in [5.74, 6) is -0.701. The van der Waals surface area contributed by atoms with E-state index in [1.54, 1.807) is 39.0 Å². The molecule has 1 heterocycles. The van der Waals surface area contributed by atoms with Crippen molar-refractivity contribution in [1.82, 2.24) is 5.32 Å². The van der Waals surface area contributed by atoms with E-state index in [-0.39, 0.29) is 5.92 Å². The molecule has 0 spiro atoms. The van der Waals surface area contributed by atoms with Crippen LogP contribution >= 0.6 is 0 Å². The van der Waals surface area contributed by atoms with Gasteiger partial charge in [0.2, 0.25) is 0 Å². The number of carbonyl (C=O) groups is 2. The summed E-state index contributed by atoms with van der Waals surface area (Å²) in [5, 5.41) is 3.42. The number of ether oxygens (including phenoxy) is 2. The molecule has 26 heavy (non-hydrogen) atoms. The number of amides is 1. The van der Waals surface area contributed by atoms with E-state index in [2.05, 4.69) is 5.32 Å². The van der Waals surface area contributed by atoms with Crippen molar-refractivity contribution in [3.63, 3.8) is 0 Å². The van der Waals surface area contributed by atoms with Gasteiger partial charge in [-0.05, 0) is 37.5 Å². The van der Waals surface area contributed by atoms with Crippen molar-refractivity contribution in [2.75, 3.05) is 7.11 Å². The first-order valence-electron chi connectivity index (χ1n) is 8.32. The van der Waals surface area contributed by atoms with Gasteiger partial charge in [0.15, 0.2) is 6.10 Å². The van der Waals surface area contributed by atoms with E-state index in [1.807, 2.05) is 6.92 Å². The summed E-state index contributed by atoms with van der Waals surface area (Å²) < 4.78 is 15.5. The zero-order chi connectivity index (χ0) is 19.4. The van der Waals surface area contributed by atoms with Crippen LogP contribution in [0.25, 0.3) is 11.0 Å². The largest absolute Gasteiger partial charge is 0.481 e. The van der Waals surface area contributed by atoms with Crippen LogP contribution in [0.3, 0.4) is 0 Å². The van der Waals surface area contributed by atoms with Crippen molar-refractivity contribution < 1.29 is 23.5 Å². The summed E-state index contributed by atoms with van der Waals surface area (Å²) in [6.07, 6.45) is -0.852. The summed E-state index contributed by atoms with van der Waals surface area (Å²) in [7, 11) is 1.27. The third-order valence-electron chi connectivity index (χ3n) is 4.02. The van der Waals surface area contributed by atoms with Gasteiger partial charge in [0, 0.05) is 17.5 Å². The quantitative estimate of drug-likeness (QED) is 0.626. The molecule has 0 bridgehead atoms. The van der Waals surface area contributed by atoms with E-state index in [0.717, 1.165) is 10.9 Å². The first-order valence-corrected chi connectivity index (χ1v) is 8.32. The molecule has 0 aliphatic heterocycles. The van der Waals surface area contributed by atoms with Gasteiger partial charge in [0.25, 0.3) is 5.91 Å². The Morgan fingerprint density at radius 1 is 1.15 bits per heavy atom. The minimum atomic E-state index is -0.852. The lowest BCUT2D eigenvalue weighted by atomic mass is 10.0. The molecule has 1 amide bonds. The lowest BCUT2D eigenvalue weighted by Crippen LogP contribution is -2.49. The first-order chi connectivity index (χ1) is 12.2. The Balaban J connectivity index is 2.14. The molecule has 0 saturated carbocycles. The molecule has 1 N–H and O–H groups in total. The summed E-state index contributed by atoms with van der Waals surface area (Å²) in [4.78, 5) is 35.6. The molecule has 140 valence electrons. The standard InChI is InChI=1S/C19H23NO6/c1-10(2)17(19(23)24-5)20-18(22)12(4)25-13-6-7-14-11(3)8-16(21)26-15(14)9-13/h6-10,12,17H,1-5H3,(H,20,22)/t12-,17+/m0/s1. The smallest absolute Gasteiger partial charge is 0.336 e. The van der Waals surface area contributed by atoms with Gasteiger partial charge in [-0.3, -0.25) is 4.79 Å². The molecular formula is C19H23NO6. The van der Waals surface area contributed by atoms with Crippen LogP contribution in [0.5, 0.6) is 5.75 Å². The number of hydrogen-bond donors (Lipinski definition) is 1. The predicted octanol–water partition coefficient (Wildman–Crippen LogP) is 2.18. The second-order valence-corrected chi connectivity index (χ2v) is 6.42. The predicted molar refractivity (Wildman–Crippen MR) is 96.1 cm³/mol. The Morgan fingerprint density at radius 3 is 2.46 bits per heavy atom. The minimum absolute atomic E-state index is 0.128. The van der Waals surface area contributed by atoms with Crippen LogP contribution in [0, 0.1) is 12.8 Å². The maximum Gasteiger partial charge on any atom is 0.336 e. The lowest BCUT2D eigenvalue weighted by molar-refractivity contribution is -0.147. The number of carbonyl (C=O) groups excluding carboxylic acids is 2. The number of aryl methyl sites for hydroxylation is 1. The van der Waals surface area contributed by atoms with Crippen molar-refractivity contribution >= 4 is 22.8 Å². The van der Waals surface area contributed by atoms with E-state index in [4.69, 9.17) is 13.9 Å². The van der Waals surface area contributed by atoms with E-state index >= 15 is 0 Å². The highest BCUT2D eigenvalue weighted by molar-refractivity contribution is 5.87. The molecule has 1 aromatic carbocycles. The van der Waals surface area contributed by atoms with Gasteiger partial charge in [-0.2, -0.15) is 0 Å². The molecule has 0 aliphatic rings. The average molecular weight is 361 g/mol. The van der Waals surface area contributed by atoms with Gasteiger partial charge in [-0.15, -0.1) is 0 Å². The molecule has 7 heteroatoms. The van der Waals surface area contributed by atoms with Crippen LogP contribution < -0.4 is 15.7 Å². The highest BCUT2D eigenvalue weighted by Gasteiger charge is 2.27. The van der Waals surface area contributed by atoms with Gasteiger partial charge in [-0.1, -0.05) is 13.8 Å². The molecule has 0 unspecified atom stereocenters. The fourth-order valence-corrected chi connectivity index (χ4v) is 2.53. The molecule has 7 nitrogen and oxygen atoms in total. The SMILES string of the molecule is COC(=O)[C@H](NC(=O)[C@H](C)Oc1ccc2c(C)cc(=O)oc2c1)C(C)C. The Kier molecular flexibility index (Phi) is 6.02. The monoisotopic (exact) mass is 361 g/mol. The van der Waals surface area contributed by atoms with E-state index < -0.39 is 29.6 Å². The molecule has 0 fully saturated rings. The topological polar surface area (TPSA) is 94.8 Å². The second kappa shape index (κ2) is 8.03. The van der Waals surface area contributed by atoms with Gasteiger partial charge in [-0.25, -0.2) is 9.59 Å². The number of benzene rings is 1.